The molecule has 3 heteroatoms. The van der Waals surface area contributed by atoms with Crippen molar-refractivity contribution in [3.63, 3.8) is 0 Å². The molecule has 0 spiro atoms. The van der Waals surface area contributed by atoms with Gasteiger partial charge in [0.2, 0.25) is 0 Å². The average molecular weight is 199 g/mol. The van der Waals surface area contributed by atoms with Gasteiger partial charge in [-0.15, -0.1) is 0 Å². The molecular weight excluding hydrogens is 188 g/mol. The van der Waals surface area contributed by atoms with Crippen LogP contribution in [0.1, 0.15) is 5.56 Å². The van der Waals surface area contributed by atoms with E-state index in [9.17, 15) is 0 Å². The average Bonchev–Trinajstić information content (AvgIpc) is 2.29. The number of rotatable bonds is 2. The van der Waals surface area contributed by atoms with Crippen molar-refractivity contribution in [2.75, 3.05) is 7.11 Å². The van der Waals surface area contributed by atoms with Gasteiger partial charge >= 0.3 is 6.01 Å². The van der Waals surface area contributed by atoms with Crippen LogP contribution in [0.3, 0.4) is 0 Å². The van der Waals surface area contributed by atoms with Crippen molar-refractivity contribution in [2.24, 2.45) is 0 Å². The second kappa shape index (κ2) is 4.09. The lowest BCUT2D eigenvalue weighted by molar-refractivity contribution is 0.379. The van der Waals surface area contributed by atoms with Crippen LogP contribution in [0.15, 0.2) is 30.5 Å². The second-order valence-electron chi connectivity index (χ2n) is 3.25. The molecule has 0 bridgehead atoms. The Morgan fingerprint density at radius 2 is 2.20 bits per heavy atom. The molecule has 0 saturated heterocycles. The highest BCUT2D eigenvalue weighted by Crippen LogP contribution is 2.18. The molecule has 0 fully saturated rings. The molecule has 1 radical (unpaired) electrons. The maximum absolute atomic E-state index is 4.88. The maximum atomic E-state index is 4.88. The third-order valence-electron chi connectivity index (χ3n) is 2.09. The van der Waals surface area contributed by atoms with Gasteiger partial charge in [-0.25, -0.2) is 4.98 Å². The summed E-state index contributed by atoms with van der Waals surface area (Å²) in [6.45, 7) is 2.05. The number of nitrogens with zero attached hydrogens (tertiary/aromatic N) is 2. The molecule has 15 heavy (non-hydrogen) atoms. The quantitative estimate of drug-likeness (QED) is 0.744. The van der Waals surface area contributed by atoms with Crippen molar-refractivity contribution in [2.45, 2.75) is 6.92 Å². The van der Waals surface area contributed by atoms with Crippen molar-refractivity contribution < 1.29 is 4.74 Å². The summed E-state index contributed by atoms with van der Waals surface area (Å²) in [5.74, 6) is 0. The van der Waals surface area contributed by atoms with Crippen molar-refractivity contribution in [1.29, 1.82) is 0 Å². The Labute approximate surface area is 88.8 Å². The van der Waals surface area contributed by atoms with E-state index in [2.05, 4.69) is 22.2 Å². The molecular formula is C12H11N2O. The molecule has 2 rings (SSSR count). The normalized spacial score (nSPS) is 10.0. The van der Waals surface area contributed by atoms with Crippen LogP contribution in [0.2, 0.25) is 0 Å². The molecule has 0 aliphatic rings. The molecule has 0 aliphatic carbocycles. The minimum absolute atomic E-state index is 0.339. The third kappa shape index (κ3) is 2.13. The predicted octanol–water partition coefficient (Wildman–Crippen LogP) is 2.26. The third-order valence-corrected chi connectivity index (χ3v) is 2.09. The van der Waals surface area contributed by atoms with Crippen LogP contribution in [-0.4, -0.2) is 17.1 Å². The first kappa shape index (κ1) is 9.65. The van der Waals surface area contributed by atoms with Crippen molar-refractivity contribution in [3.05, 3.63) is 42.2 Å². The summed E-state index contributed by atoms with van der Waals surface area (Å²) in [5.41, 5.74) is 3.15. The van der Waals surface area contributed by atoms with Crippen molar-refractivity contribution in [1.82, 2.24) is 9.97 Å². The molecule has 3 nitrogen and oxygen atoms in total. The lowest BCUT2D eigenvalue weighted by Gasteiger charge is -2.02. The Balaban J connectivity index is 2.37. The van der Waals surface area contributed by atoms with Gasteiger partial charge in [0.15, 0.2) is 0 Å². The Morgan fingerprint density at radius 1 is 1.33 bits per heavy atom. The van der Waals surface area contributed by atoms with E-state index in [1.165, 1.54) is 12.7 Å². The highest BCUT2D eigenvalue weighted by Gasteiger charge is 2.00. The number of aromatic nitrogens is 2. The second-order valence-corrected chi connectivity index (χ2v) is 3.25. The Bertz CT molecular complexity index is 451. The molecule has 0 unspecified atom stereocenters. The lowest BCUT2D eigenvalue weighted by atomic mass is 10.1. The smallest absolute Gasteiger partial charge is 0.316 e. The van der Waals surface area contributed by atoms with E-state index < -0.39 is 0 Å². The molecule has 0 amide bonds. The fourth-order valence-electron chi connectivity index (χ4n) is 1.34. The molecule has 0 atom stereocenters. The summed E-state index contributed by atoms with van der Waals surface area (Å²) in [7, 11) is 1.54. The molecule has 2 aromatic rings. The van der Waals surface area contributed by atoms with Gasteiger partial charge in [0.1, 0.15) is 6.20 Å². The largest absolute Gasteiger partial charge is 0.467 e. The Morgan fingerprint density at radius 3 is 2.80 bits per heavy atom. The fraction of sp³-hybridized carbons (Fsp3) is 0.167. The molecule has 0 N–H and O–H groups in total. The van der Waals surface area contributed by atoms with Gasteiger partial charge in [0.25, 0.3) is 0 Å². The van der Waals surface area contributed by atoms with Gasteiger partial charge in [-0.1, -0.05) is 29.8 Å². The van der Waals surface area contributed by atoms with Gasteiger partial charge in [-0.2, -0.15) is 4.98 Å². The molecule has 1 heterocycles. The predicted molar refractivity (Wildman–Crippen MR) is 57.6 cm³/mol. The van der Waals surface area contributed by atoms with E-state index >= 15 is 0 Å². The van der Waals surface area contributed by atoms with Gasteiger partial charge in [-0.05, 0) is 12.5 Å². The number of hydrogen-bond acceptors (Lipinski definition) is 3. The summed E-state index contributed by atoms with van der Waals surface area (Å²) in [5, 5.41) is 0. The first-order valence-electron chi connectivity index (χ1n) is 4.65. The first-order valence-corrected chi connectivity index (χ1v) is 4.65. The molecule has 0 aliphatic heterocycles. The van der Waals surface area contributed by atoms with Crippen LogP contribution in [0.25, 0.3) is 11.1 Å². The van der Waals surface area contributed by atoms with E-state index in [0.717, 1.165) is 11.1 Å². The molecule has 1 aromatic carbocycles. The summed E-state index contributed by atoms with van der Waals surface area (Å²) in [6.07, 6.45) is 4.60. The number of ether oxygens (including phenoxy) is 1. The minimum Gasteiger partial charge on any atom is -0.467 e. The summed E-state index contributed by atoms with van der Waals surface area (Å²) >= 11 is 0. The van der Waals surface area contributed by atoms with Crippen molar-refractivity contribution >= 4 is 0 Å². The fourth-order valence-corrected chi connectivity index (χ4v) is 1.34. The van der Waals surface area contributed by atoms with E-state index in [-0.39, 0.29) is 0 Å². The highest BCUT2D eigenvalue weighted by molar-refractivity contribution is 5.61. The Kier molecular flexibility index (Phi) is 2.63. The van der Waals surface area contributed by atoms with E-state index in [1.54, 1.807) is 6.20 Å². The molecule has 1 aromatic heterocycles. The van der Waals surface area contributed by atoms with Crippen LogP contribution >= 0.6 is 0 Å². The Hall–Kier alpha value is -1.90. The summed E-state index contributed by atoms with van der Waals surface area (Å²) in [6, 6.07) is 8.47. The van der Waals surface area contributed by atoms with Crippen LogP contribution in [0, 0.1) is 13.1 Å². The zero-order valence-electron chi connectivity index (χ0n) is 8.69. The number of hydrogen-bond donors (Lipinski definition) is 0. The maximum Gasteiger partial charge on any atom is 0.316 e. The lowest BCUT2D eigenvalue weighted by Crippen LogP contribution is -1.91. The van der Waals surface area contributed by atoms with E-state index in [4.69, 9.17) is 4.74 Å². The minimum atomic E-state index is 0.339. The van der Waals surface area contributed by atoms with Gasteiger partial charge in [-0.3, -0.25) is 0 Å². The van der Waals surface area contributed by atoms with E-state index in [1.807, 2.05) is 25.1 Å². The van der Waals surface area contributed by atoms with Gasteiger partial charge in [0.05, 0.1) is 7.11 Å². The topological polar surface area (TPSA) is 35.0 Å². The van der Waals surface area contributed by atoms with Gasteiger partial charge in [0, 0.05) is 11.8 Å². The van der Waals surface area contributed by atoms with E-state index in [0.29, 0.717) is 6.01 Å². The summed E-state index contributed by atoms with van der Waals surface area (Å²) < 4.78 is 4.88. The molecule has 75 valence electrons. The number of methoxy groups -OCH3 is 1. The zero-order chi connectivity index (χ0) is 10.7. The first-order chi connectivity index (χ1) is 7.29. The van der Waals surface area contributed by atoms with Crippen molar-refractivity contribution in [3.8, 4) is 17.1 Å². The van der Waals surface area contributed by atoms with Crippen LogP contribution in [-0.2, 0) is 0 Å². The summed E-state index contributed by atoms with van der Waals surface area (Å²) in [4.78, 5) is 7.98. The van der Waals surface area contributed by atoms with Gasteiger partial charge < -0.3 is 4.74 Å². The number of aryl methyl sites for hydroxylation is 1. The number of benzene rings is 1. The SMILES string of the molecule is COc1n[c]c(-c2cccc(C)c2)cn1. The monoisotopic (exact) mass is 199 g/mol. The van der Waals surface area contributed by atoms with Crippen LogP contribution < -0.4 is 4.74 Å². The van der Waals surface area contributed by atoms with Crippen LogP contribution in [0.5, 0.6) is 6.01 Å². The molecule has 0 saturated carbocycles. The standard InChI is InChI=1S/C12H11N2O/c1-9-4-3-5-10(6-9)11-7-13-12(15-2)14-8-11/h3-7H,1-2H3. The highest BCUT2D eigenvalue weighted by atomic mass is 16.5. The zero-order valence-corrected chi connectivity index (χ0v) is 8.69. The van der Waals surface area contributed by atoms with Crippen LogP contribution in [0.4, 0.5) is 0 Å².